The summed E-state index contributed by atoms with van der Waals surface area (Å²) in [4.78, 5) is 39.9. The average molecular weight is 402 g/mol. The van der Waals surface area contributed by atoms with Crippen LogP contribution in [0.5, 0.6) is 0 Å². The summed E-state index contributed by atoms with van der Waals surface area (Å²) in [7, 11) is 1.54. The molecule has 0 radical (unpaired) electrons. The fraction of sp³-hybridized carbons (Fsp3) is 0.227. The molecule has 0 spiro atoms. The van der Waals surface area contributed by atoms with E-state index in [0.717, 1.165) is 17.7 Å². The Balaban J connectivity index is 1.59. The normalized spacial score (nSPS) is 14.6. The second kappa shape index (κ2) is 8.28. The molecule has 1 aromatic carbocycles. The lowest BCUT2D eigenvalue weighted by molar-refractivity contribution is -0.130. The number of fused-ring (bicyclic) bond motifs is 1. The number of aliphatic imine (C=N–C) groups is 1. The Labute approximate surface area is 173 Å². The SMILES string of the molecule is CN=CC(C(=O)Cc1ccn2cc(-c3ccccc3)nc2n1)=C(N)C(=O)N1CCC1. The number of benzene rings is 1. The van der Waals surface area contributed by atoms with Crippen LogP contribution in [0.15, 0.2) is 65.1 Å². The molecule has 1 fully saturated rings. The van der Waals surface area contributed by atoms with E-state index in [1.807, 2.05) is 47.1 Å². The van der Waals surface area contributed by atoms with E-state index in [-0.39, 0.29) is 29.4 Å². The fourth-order valence-corrected chi connectivity index (χ4v) is 3.24. The highest BCUT2D eigenvalue weighted by Crippen LogP contribution is 2.18. The average Bonchev–Trinajstić information content (AvgIpc) is 3.14. The highest BCUT2D eigenvalue weighted by atomic mass is 16.2. The number of rotatable bonds is 6. The van der Waals surface area contributed by atoms with E-state index in [1.165, 1.54) is 13.3 Å². The molecule has 8 heteroatoms. The predicted molar refractivity (Wildman–Crippen MR) is 114 cm³/mol. The van der Waals surface area contributed by atoms with E-state index in [2.05, 4.69) is 15.0 Å². The number of nitrogens with zero attached hydrogens (tertiary/aromatic N) is 5. The lowest BCUT2D eigenvalue weighted by Gasteiger charge is -2.31. The minimum Gasteiger partial charge on any atom is -0.394 e. The smallest absolute Gasteiger partial charge is 0.270 e. The van der Waals surface area contributed by atoms with Gasteiger partial charge in [0.1, 0.15) is 5.70 Å². The number of hydrogen-bond donors (Lipinski definition) is 1. The van der Waals surface area contributed by atoms with Crippen LogP contribution in [0.2, 0.25) is 0 Å². The summed E-state index contributed by atoms with van der Waals surface area (Å²) >= 11 is 0. The molecule has 30 heavy (non-hydrogen) atoms. The number of aromatic nitrogens is 3. The molecule has 2 aromatic heterocycles. The Hall–Kier alpha value is -3.81. The molecule has 8 nitrogen and oxygen atoms in total. The molecule has 3 aromatic rings. The summed E-state index contributed by atoms with van der Waals surface area (Å²) in [6.07, 6.45) is 6.00. The van der Waals surface area contributed by atoms with Crippen molar-refractivity contribution in [2.24, 2.45) is 10.7 Å². The Morgan fingerprint density at radius 1 is 1.17 bits per heavy atom. The van der Waals surface area contributed by atoms with Crippen LogP contribution in [0.4, 0.5) is 0 Å². The van der Waals surface area contributed by atoms with Gasteiger partial charge in [0.25, 0.3) is 5.91 Å². The first kappa shape index (κ1) is 19.5. The van der Waals surface area contributed by atoms with Crippen molar-refractivity contribution < 1.29 is 9.59 Å². The van der Waals surface area contributed by atoms with Crippen molar-refractivity contribution >= 4 is 23.7 Å². The van der Waals surface area contributed by atoms with Gasteiger partial charge in [0, 0.05) is 44.3 Å². The lowest BCUT2D eigenvalue weighted by atomic mass is 10.0. The van der Waals surface area contributed by atoms with Gasteiger partial charge in [-0.15, -0.1) is 0 Å². The quantitative estimate of drug-likeness (QED) is 0.498. The van der Waals surface area contributed by atoms with Crippen molar-refractivity contribution in [2.75, 3.05) is 20.1 Å². The molecule has 152 valence electrons. The monoisotopic (exact) mass is 402 g/mol. The zero-order chi connectivity index (χ0) is 21.1. The second-order valence-electron chi connectivity index (χ2n) is 7.08. The van der Waals surface area contributed by atoms with Crippen molar-refractivity contribution in [1.29, 1.82) is 0 Å². The Morgan fingerprint density at radius 3 is 2.60 bits per heavy atom. The summed E-state index contributed by atoms with van der Waals surface area (Å²) in [5.41, 5.74) is 8.39. The topological polar surface area (TPSA) is 106 Å². The van der Waals surface area contributed by atoms with Crippen LogP contribution < -0.4 is 5.73 Å². The van der Waals surface area contributed by atoms with Gasteiger partial charge >= 0.3 is 0 Å². The van der Waals surface area contributed by atoms with Crippen molar-refractivity contribution in [2.45, 2.75) is 12.8 Å². The first-order valence-electron chi connectivity index (χ1n) is 9.71. The third-order valence-electron chi connectivity index (χ3n) is 5.02. The number of carbonyl (C=O) groups is 2. The maximum atomic E-state index is 12.9. The minimum absolute atomic E-state index is 0.000631. The van der Waals surface area contributed by atoms with Crippen molar-refractivity contribution in [3.63, 3.8) is 0 Å². The number of allylic oxidation sites excluding steroid dienone is 1. The molecular formula is C22H22N6O2. The van der Waals surface area contributed by atoms with Gasteiger partial charge in [0.2, 0.25) is 5.78 Å². The number of hydrogen-bond acceptors (Lipinski definition) is 6. The molecule has 0 bridgehead atoms. The molecule has 1 aliphatic rings. The molecule has 1 amide bonds. The second-order valence-corrected chi connectivity index (χ2v) is 7.08. The van der Waals surface area contributed by atoms with Crippen LogP contribution in [-0.4, -0.2) is 57.3 Å². The van der Waals surface area contributed by atoms with Gasteiger partial charge in [0.05, 0.1) is 23.4 Å². The molecular weight excluding hydrogens is 380 g/mol. The minimum atomic E-state index is -0.325. The van der Waals surface area contributed by atoms with Crippen LogP contribution >= 0.6 is 0 Å². The highest BCUT2D eigenvalue weighted by Gasteiger charge is 2.26. The molecule has 4 rings (SSSR count). The van der Waals surface area contributed by atoms with Gasteiger partial charge in [-0.1, -0.05) is 30.3 Å². The molecule has 1 aliphatic heterocycles. The number of carbonyl (C=O) groups excluding carboxylic acids is 2. The van der Waals surface area contributed by atoms with Crippen molar-refractivity contribution in [1.82, 2.24) is 19.3 Å². The highest BCUT2D eigenvalue weighted by molar-refractivity contribution is 6.19. The summed E-state index contributed by atoms with van der Waals surface area (Å²) in [6, 6.07) is 11.6. The van der Waals surface area contributed by atoms with Crippen LogP contribution in [0.25, 0.3) is 17.0 Å². The third kappa shape index (κ3) is 3.84. The number of imidazole rings is 1. The van der Waals surface area contributed by atoms with Gasteiger partial charge in [-0.25, -0.2) is 9.97 Å². The van der Waals surface area contributed by atoms with E-state index >= 15 is 0 Å². The van der Waals surface area contributed by atoms with Gasteiger partial charge in [0.15, 0.2) is 5.78 Å². The molecule has 1 saturated heterocycles. The summed E-state index contributed by atoms with van der Waals surface area (Å²) in [6.45, 7) is 1.32. The number of Topliss-reactive ketones (excluding diaryl/α,β-unsaturated/α-hetero) is 1. The molecule has 3 heterocycles. The number of likely N-dealkylation sites (tertiary alicyclic amines) is 1. The van der Waals surface area contributed by atoms with Gasteiger partial charge in [-0.2, -0.15) is 0 Å². The zero-order valence-electron chi connectivity index (χ0n) is 16.7. The molecule has 0 aliphatic carbocycles. The van der Waals surface area contributed by atoms with E-state index < -0.39 is 0 Å². The van der Waals surface area contributed by atoms with Crippen LogP contribution in [-0.2, 0) is 16.0 Å². The summed E-state index contributed by atoms with van der Waals surface area (Å²) in [5, 5.41) is 0. The van der Waals surface area contributed by atoms with E-state index in [4.69, 9.17) is 5.73 Å². The Bertz CT molecular complexity index is 1160. The molecule has 0 atom stereocenters. The van der Waals surface area contributed by atoms with E-state index in [9.17, 15) is 9.59 Å². The van der Waals surface area contributed by atoms with Crippen molar-refractivity contribution in [3.8, 4) is 11.3 Å². The van der Waals surface area contributed by atoms with Gasteiger partial charge in [-0.05, 0) is 12.5 Å². The fourth-order valence-electron chi connectivity index (χ4n) is 3.24. The van der Waals surface area contributed by atoms with Crippen LogP contribution in [0, 0.1) is 0 Å². The standard InChI is InChI=1S/C22H22N6O2/c1-24-13-17(20(23)21(30)27-9-5-10-27)19(29)12-16-8-11-28-14-18(26-22(28)25-16)15-6-3-2-4-7-15/h2-4,6-8,11,13-14H,5,9-10,12,23H2,1H3. The number of ketones is 1. The Kier molecular flexibility index (Phi) is 5.38. The first-order valence-corrected chi connectivity index (χ1v) is 9.71. The van der Waals surface area contributed by atoms with E-state index in [1.54, 1.807) is 11.0 Å². The summed E-state index contributed by atoms with van der Waals surface area (Å²) in [5.74, 6) is -0.134. The maximum Gasteiger partial charge on any atom is 0.270 e. The molecule has 2 N–H and O–H groups in total. The van der Waals surface area contributed by atoms with Gasteiger partial charge in [-0.3, -0.25) is 19.0 Å². The van der Waals surface area contributed by atoms with Crippen molar-refractivity contribution in [3.05, 3.63) is 65.8 Å². The van der Waals surface area contributed by atoms with E-state index in [0.29, 0.717) is 24.6 Å². The van der Waals surface area contributed by atoms with Gasteiger partial charge < -0.3 is 10.6 Å². The lowest BCUT2D eigenvalue weighted by Crippen LogP contribution is -2.45. The zero-order valence-corrected chi connectivity index (χ0v) is 16.7. The largest absolute Gasteiger partial charge is 0.394 e. The predicted octanol–water partition coefficient (Wildman–Crippen LogP) is 1.65. The number of amides is 1. The maximum absolute atomic E-state index is 12.9. The Morgan fingerprint density at radius 2 is 1.93 bits per heavy atom. The van der Waals surface area contributed by atoms with Crippen LogP contribution in [0.1, 0.15) is 12.1 Å². The summed E-state index contributed by atoms with van der Waals surface area (Å²) < 4.78 is 1.81. The van der Waals surface area contributed by atoms with Crippen LogP contribution in [0.3, 0.4) is 0 Å². The number of nitrogens with two attached hydrogens (primary N) is 1. The third-order valence-corrected chi connectivity index (χ3v) is 5.02. The molecule has 0 saturated carbocycles. The molecule has 0 unspecified atom stereocenters. The first-order chi connectivity index (χ1) is 14.6.